The first kappa shape index (κ1) is 17.6. The molecule has 1 saturated heterocycles. The molecule has 2 atom stereocenters. The minimum Gasteiger partial charge on any atom is -0.466 e. The Morgan fingerprint density at radius 2 is 2.32 bits per heavy atom. The SMILES string of the molecule is CCOC(=O)Cc1csc(NC(=O)[C@H]2CNC[C@@H]2c2cnn(C)c2)n1. The number of aryl methyl sites for hydroxylation is 1. The molecule has 2 aromatic rings. The number of carbonyl (C=O) groups excluding carboxylic acids is 2. The van der Waals surface area contributed by atoms with E-state index in [2.05, 4.69) is 20.7 Å². The van der Waals surface area contributed by atoms with Crippen molar-refractivity contribution in [2.45, 2.75) is 19.3 Å². The van der Waals surface area contributed by atoms with E-state index in [4.69, 9.17) is 4.74 Å². The zero-order valence-electron chi connectivity index (χ0n) is 14.2. The Bertz CT molecular complexity index is 757. The van der Waals surface area contributed by atoms with E-state index in [1.54, 1.807) is 23.2 Å². The van der Waals surface area contributed by atoms with Crippen molar-refractivity contribution >= 4 is 28.3 Å². The summed E-state index contributed by atoms with van der Waals surface area (Å²) in [6.45, 7) is 3.47. The van der Waals surface area contributed by atoms with Crippen LogP contribution in [-0.4, -0.2) is 46.3 Å². The second-order valence-electron chi connectivity index (χ2n) is 5.93. The molecule has 0 saturated carbocycles. The molecule has 8 nitrogen and oxygen atoms in total. The highest BCUT2D eigenvalue weighted by molar-refractivity contribution is 7.13. The lowest BCUT2D eigenvalue weighted by molar-refractivity contribution is -0.142. The average Bonchev–Trinajstić information content (AvgIpc) is 3.28. The lowest BCUT2D eigenvalue weighted by atomic mass is 9.90. The number of rotatable bonds is 6. The van der Waals surface area contributed by atoms with Crippen molar-refractivity contribution in [3.8, 4) is 0 Å². The maximum Gasteiger partial charge on any atom is 0.311 e. The predicted octanol–water partition coefficient (Wildman–Crippen LogP) is 0.924. The van der Waals surface area contributed by atoms with Gasteiger partial charge in [-0.05, 0) is 12.5 Å². The Morgan fingerprint density at radius 3 is 3.04 bits per heavy atom. The molecule has 25 heavy (non-hydrogen) atoms. The zero-order chi connectivity index (χ0) is 17.8. The first-order chi connectivity index (χ1) is 12.1. The van der Waals surface area contributed by atoms with Crippen LogP contribution in [0.25, 0.3) is 0 Å². The Labute approximate surface area is 149 Å². The van der Waals surface area contributed by atoms with E-state index < -0.39 is 0 Å². The molecule has 1 amide bonds. The van der Waals surface area contributed by atoms with Crippen LogP contribution in [0, 0.1) is 5.92 Å². The van der Waals surface area contributed by atoms with Crippen LogP contribution in [0.3, 0.4) is 0 Å². The van der Waals surface area contributed by atoms with E-state index in [1.807, 2.05) is 13.2 Å². The third kappa shape index (κ3) is 4.23. The fraction of sp³-hybridized carbons (Fsp3) is 0.500. The largest absolute Gasteiger partial charge is 0.466 e. The number of nitrogens with one attached hydrogen (secondary N) is 2. The first-order valence-corrected chi connectivity index (χ1v) is 9.05. The van der Waals surface area contributed by atoms with Gasteiger partial charge in [-0.25, -0.2) is 4.98 Å². The van der Waals surface area contributed by atoms with Crippen molar-refractivity contribution < 1.29 is 14.3 Å². The fourth-order valence-corrected chi connectivity index (χ4v) is 3.65. The summed E-state index contributed by atoms with van der Waals surface area (Å²) in [4.78, 5) is 28.4. The van der Waals surface area contributed by atoms with Gasteiger partial charge >= 0.3 is 5.97 Å². The number of esters is 1. The lowest BCUT2D eigenvalue weighted by Crippen LogP contribution is -2.28. The first-order valence-electron chi connectivity index (χ1n) is 8.17. The van der Waals surface area contributed by atoms with E-state index >= 15 is 0 Å². The number of thiazole rings is 1. The maximum atomic E-state index is 12.6. The summed E-state index contributed by atoms with van der Waals surface area (Å²) >= 11 is 1.31. The summed E-state index contributed by atoms with van der Waals surface area (Å²) in [6.07, 6.45) is 3.86. The van der Waals surface area contributed by atoms with Gasteiger partial charge < -0.3 is 15.4 Å². The highest BCUT2D eigenvalue weighted by atomic mass is 32.1. The third-order valence-electron chi connectivity index (χ3n) is 4.12. The van der Waals surface area contributed by atoms with Gasteiger partial charge in [0.2, 0.25) is 5.91 Å². The number of ether oxygens (including phenoxy) is 1. The van der Waals surface area contributed by atoms with E-state index in [-0.39, 0.29) is 30.1 Å². The van der Waals surface area contributed by atoms with E-state index in [1.165, 1.54) is 11.3 Å². The van der Waals surface area contributed by atoms with Gasteiger partial charge in [-0.1, -0.05) is 0 Å². The van der Waals surface area contributed by atoms with Gasteiger partial charge in [-0.2, -0.15) is 5.10 Å². The van der Waals surface area contributed by atoms with Gasteiger partial charge in [0.1, 0.15) is 0 Å². The number of anilines is 1. The summed E-state index contributed by atoms with van der Waals surface area (Å²) in [6, 6.07) is 0. The van der Waals surface area contributed by atoms with Crippen molar-refractivity contribution in [1.29, 1.82) is 0 Å². The van der Waals surface area contributed by atoms with Crippen LogP contribution in [0.2, 0.25) is 0 Å². The molecule has 134 valence electrons. The predicted molar refractivity (Wildman–Crippen MR) is 93.4 cm³/mol. The van der Waals surface area contributed by atoms with Gasteiger partial charge in [-0.15, -0.1) is 11.3 Å². The number of aromatic nitrogens is 3. The summed E-state index contributed by atoms with van der Waals surface area (Å²) in [7, 11) is 1.86. The Kier molecular flexibility index (Phi) is 5.44. The minimum atomic E-state index is -0.317. The topological polar surface area (TPSA) is 98.1 Å². The van der Waals surface area contributed by atoms with E-state index in [0.29, 0.717) is 24.0 Å². The number of hydrogen-bond acceptors (Lipinski definition) is 7. The Balaban J connectivity index is 1.62. The smallest absolute Gasteiger partial charge is 0.311 e. The van der Waals surface area contributed by atoms with Crippen LogP contribution in [-0.2, 0) is 27.8 Å². The molecule has 0 bridgehead atoms. The molecule has 9 heteroatoms. The van der Waals surface area contributed by atoms with Crippen LogP contribution in [0.5, 0.6) is 0 Å². The zero-order valence-corrected chi connectivity index (χ0v) is 15.0. The summed E-state index contributed by atoms with van der Waals surface area (Å²) in [5.41, 5.74) is 1.65. The minimum absolute atomic E-state index is 0.0733. The van der Waals surface area contributed by atoms with Crippen molar-refractivity contribution in [1.82, 2.24) is 20.1 Å². The van der Waals surface area contributed by atoms with Crippen molar-refractivity contribution in [2.24, 2.45) is 13.0 Å². The molecule has 0 radical (unpaired) electrons. The molecule has 0 aromatic carbocycles. The molecular formula is C16H21N5O3S. The van der Waals surface area contributed by atoms with Crippen LogP contribution < -0.4 is 10.6 Å². The molecule has 2 N–H and O–H groups in total. The second-order valence-corrected chi connectivity index (χ2v) is 6.79. The second kappa shape index (κ2) is 7.75. The lowest BCUT2D eigenvalue weighted by Gasteiger charge is -2.15. The number of carbonyl (C=O) groups is 2. The van der Waals surface area contributed by atoms with Crippen molar-refractivity contribution in [3.05, 3.63) is 29.0 Å². The highest BCUT2D eigenvalue weighted by Crippen LogP contribution is 2.29. The highest BCUT2D eigenvalue weighted by Gasteiger charge is 2.35. The van der Waals surface area contributed by atoms with Gasteiger partial charge in [-0.3, -0.25) is 14.3 Å². The fourth-order valence-electron chi connectivity index (χ4n) is 2.94. The monoisotopic (exact) mass is 363 g/mol. The molecule has 3 heterocycles. The average molecular weight is 363 g/mol. The molecular weight excluding hydrogens is 342 g/mol. The Hall–Kier alpha value is -2.26. The van der Waals surface area contributed by atoms with Gasteiger partial charge in [0.15, 0.2) is 5.13 Å². The van der Waals surface area contributed by atoms with E-state index in [9.17, 15) is 9.59 Å². The molecule has 1 aliphatic heterocycles. The molecule has 0 unspecified atom stereocenters. The standard InChI is InChI=1S/C16H21N5O3S/c1-3-24-14(22)4-11-9-25-16(19-11)20-15(23)13-7-17-6-12(13)10-5-18-21(2)8-10/h5,8-9,12-13,17H,3-4,6-7H2,1-2H3,(H,19,20,23)/t12-,13+/m1/s1. The summed E-state index contributed by atoms with van der Waals surface area (Å²) < 4.78 is 6.65. The van der Waals surface area contributed by atoms with E-state index in [0.717, 1.165) is 12.1 Å². The molecule has 3 rings (SSSR count). The number of hydrogen-bond donors (Lipinski definition) is 2. The summed E-state index contributed by atoms with van der Waals surface area (Å²) in [5.74, 6) is -0.479. The third-order valence-corrected chi connectivity index (χ3v) is 4.92. The molecule has 0 aliphatic carbocycles. The van der Waals surface area contributed by atoms with Crippen molar-refractivity contribution in [3.63, 3.8) is 0 Å². The molecule has 2 aromatic heterocycles. The van der Waals surface area contributed by atoms with Crippen LogP contribution in [0.4, 0.5) is 5.13 Å². The molecule has 1 fully saturated rings. The van der Waals surface area contributed by atoms with Gasteiger partial charge in [0, 0.05) is 37.6 Å². The van der Waals surface area contributed by atoms with Crippen LogP contribution in [0.15, 0.2) is 17.8 Å². The Morgan fingerprint density at radius 1 is 1.48 bits per heavy atom. The normalized spacial score (nSPS) is 19.8. The quantitative estimate of drug-likeness (QED) is 0.741. The van der Waals surface area contributed by atoms with Crippen LogP contribution >= 0.6 is 11.3 Å². The number of amides is 1. The number of nitrogens with zero attached hydrogens (tertiary/aromatic N) is 3. The van der Waals surface area contributed by atoms with Crippen molar-refractivity contribution in [2.75, 3.05) is 25.0 Å². The summed E-state index contributed by atoms with van der Waals surface area (Å²) in [5, 5.41) is 12.6. The molecule has 1 aliphatic rings. The van der Waals surface area contributed by atoms with Crippen LogP contribution in [0.1, 0.15) is 24.1 Å². The maximum absolute atomic E-state index is 12.6. The van der Waals surface area contributed by atoms with Gasteiger partial charge in [0.05, 0.1) is 30.8 Å². The molecule has 0 spiro atoms. The van der Waals surface area contributed by atoms with Gasteiger partial charge in [0.25, 0.3) is 0 Å².